The van der Waals surface area contributed by atoms with Crippen LogP contribution >= 0.6 is 0 Å². The molecule has 1 aromatic carbocycles. The van der Waals surface area contributed by atoms with E-state index >= 15 is 0 Å². The zero-order valence-electron chi connectivity index (χ0n) is 5.80. The smallest absolute Gasteiger partial charge is 0.123 e. The first kappa shape index (κ1) is 6.40. The quantitative estimate of drug-likeness (QED) is 0.561. The Kier molecular flexibility index (Phi) is 1.22. The second-order valence-electron chi connectivity index (χ2n) is 2.39. The Morgan fingerprint density at radius 1 is 1.36 bits per heavy atom. The molecule has 0 unspecified atom stereocenters. The first-order valence-electron chi connectivity index (χ1n) is 3.26. The van der Waals surface area contributed by atoms with Gasteiger partial charge < -0.3 is 4.42 Å². The second-order valence-corrected chi connectivity index (χ2v) is 2.39. The fraction of sp³-hybridized carbons (Fsp3) is 0. The van der Waals surface area contributed by atoms with E-state index in [1.165, 1.54) is 12.1 Å². The molecule has 0 bridgehead atoms. The van der Waals surface area contributed by atoms with Crippen molar-refractivity contribution in [2.45, 2.75) is 0 Å². The molecule has 55 valence electrons. The highest BCUT2D eigenvalue weighted by molar-refractivity contribution is 5.84. The van der Waals surface area contributed by atoms with E-state index in [4.69, 9.17) is 4.42 Å². The Morgan fingerprint density at radius 2 is 2.18 bits per heavy atom. The second kappa shape index (κ2) is 2.09. The molecule has 0 aliphatic rings. The van der Waals surface area contributed by atoms with Crippen LogP contribution in [0.4, 0.5) is 4.39 Å². The van der Waals surface area contributed by atoms with Crippen molar-refractivity contribution in [3.8, 4) is 0 Å². The Bertz CT molecular complexity index is 389. The minimum Gasteiger partial charge on any atom is -0.468 e. The Morgan fingerprint density at radius 3 is 3.00 bits per heavy atom. The van der Waals surface area contributed by atoms with E-state index in [2.05, 4.69) is 6.92 Å². The molecule has 0 aliphatic heterocycles. The molecule has 0 spiro atoms. The summed E-state index contributed by atoms with van der Waals surface area (Å²) in [6, 6.07) is 4.49. The van der Waals surface area contributed by atoms with Gasteiger partial charge in [-0.1, -0.05) is 0 Å². The maximum atomic E-state index is 12.6. The summed E-state index contributed by atoms with van der Waals surface area (Å²) in [6.07, 6.45) is 1.57. The number of furan rings is 1. The predicted octanol–water partition coefficient (Wildman–Crippen LogP) is 2.75. The van der Waals surface area contributed by atoms with E-state index < -0.39 is 0 Å². The van der Waals surface area contributed by atoms with Gasteiger partial charge in [0.1, 0.15) is 11.6 Å². The van der Waals surface area contributed by atoms with Crippen LogP contribution in [-0.4, -0.2) is 0 Å². The molecule has 1 aromatic heterocycles. The van der Waals surface area contributed by atoms with E-state index in [-0.39, 0.29) is 5.82 Å². The van der Waals surface area contributed by atoms with Crippen molar-refractivity contribution >= 4 is 10.8 Å². The average molecular weight is 149 g/mol. The first-order valence-corrected chi connectivity index (χ1v) is 3.26. The van der Waals surface area contributed by atoms with E-state index in [1.54, 1.807) is 12.3 Å². The Hall–Kier alpha value is -1.31. The Balaban J connectivity index is 2.87. The number of hydrogen-bond donors (Lipinski definition) is 0. The molecular formula is C9H6FO. The zero-order chi connectivity index (χ0) is 7.84. The summed E-state index contributed by atoms with van der Waals surface area (Å²) in [7, 11) is 0. The third-order valence-electron chi connectivity index (χ3n) is 1.64. The van der Waals surface area contributed by atoms with Gasteiger partial charge >= 0.3 is 0 Å². The van der Waals surface area contributed by atoms with Crippen molar-refractivity contribution in [3.05, 3.63) is 43.0 Å². The summed E-state index contributed by atoms with van der Waals surface area (Å²) < 4.78 is 17.6. The fourth-order valence-electron chi connectivity index (χ4n) is 1.07. The van der Waals surface area contributed by atoms with Crippen LogP contribution in [-0.2, 0) is 0 Å². The topological polar surface area (TPSA) is 13.1 Å². The normalized spacial score (nSPS) is 10.7. The maximum absolute atomic E-state index is 12.6. The monoisotopic (exact) mass is 149 g/mol. The van der Waals surface area contributed by atoms with Crippen LogP contribution in [0.5, 0.6) is 0 Å². The zero-order valence-corrected chi connectivity index (χ0v) is 5.80. The largest absolute Gasteiger partial charge is 0.468 e. The summed E-state index contributed by atoms with van der Waals surface area (Å²) in [4.78, 5) is 0. The molecule has 11 heavy (non-hydrogen) atoms. The lowest BCUT2D eigenvalue weighted by Gasteiger charge is -1.88. The van der Waals surface area contributed by atoms with Crippen molar-refractivity contribution in [1.82, 2.24) is 0 Å². The highest BCUT2D eigenvalue weighted by Crippen LogP contribution is 2.20. The van der Waals surface area contributed by atoms with Crippen LogP contribution in [0.3, 0.4) is 0 Å². The average Bonchev–Trinajstić information content (AvgIpc) is 2.33. The molecule has 2 aromatic rings. The lowest BCUT2D eigenvalue weighted by molar-refractivity contribution is 0.554. The fourth-order valence-corrected chi connectivity index (χ4v) is 1.07. The standard InChI is InChI=1S/C9H6FO/c1-6-9-4-8(10)3-2-7(9)5-11-6/h2-5H,1H2. The number of fused-ring (bicyclic) bond motifs is 1. The van der Waals surface area contributed by atoms with Gasteiger partial charge in [0.2, 0.25) is 0 Å². The summed E-state index contributed by atoms with van der Waals surface area (Å²) in [5.41, 5.74) is 0. The third kappa shape index (κ3) is 0.909. The summed E-state index contributed by atoms with van der Waals surface area (Å²) >= 11 is 0. The van der Waals surface area contributed by atoms with Crippen LogP contribution < -0.4 is 0 Å². The van der Waals surface area contributed by atoms with E-state index in [0.717, 1.165) is 10.8 Å². The molecule has 1 heterocycles. The number of benzene rings is 1. The molecule has 0 saturated heterocycles. The van der Waals surface area contributed by atoms with Gasteiger partial charge in [0.25, 0.3) is 0 Å². The number of hydrogen-bond acceptors (Lipinski definition) is 1. The summed E-state index contributed by atoms with van der Waals surface area (Å²) in [5, 5.41) is 1.63. The van der Waals surface area contributed by atoms with Gasteiger partial charge in [-0.2, -0.15) is 0 Å². The Labute approximate surface area is 63.4 Å². The van der Waals surface area contributed by atoms with Crippen LogP contribution in [0, 0.1) is 12.7 Å². The molecule has 0 amide bonds. The molecule has 1 radical (unpaired) electrons. The summed E-state index contributed by atoms with van der Waals surface area (Å²) in [6.45, 7) is 3.62. The molecular weight excluding hydrogens is 143 g/mol. The molecule has 2 heteroatoms. The highest BCUT2D eigenvalue weighted by atomic mass is 19.1. The molecule has 0 N–H and O–H groups in total. The van der Waals surface area contributed by atoms with Crippen molar-refractivity contribution < 1.29 is 8.81 Å². The third-order valence-corrected chi connectivity index (χ3v) is 1.64. The van der Waals surface area contributed by atoms with Crippen LogP contribution in [0.15, 0.2) is 28.9 Å². The van der Waals surface area contributed by atoms with Gasteiger partial charge in [0.15, 0.2) is 0 Å². The molecule has 0 atom stereocenters. The highest BCUT2D eigenvalue weighted by Gasteiger charge is 2.01. The van der Waals surface area contributed by atoms with Gasteiger partial charge in [-0.3, -0.25) is 0 Å². The molecule has 0 saturated carbocycles. The van der Waals surface area contributed by atoms with Crippen LogP contribution in [0.2, 0.25) is 0 Å². The minimum absolute atomic E-state index is 0.260. The van der Waals surface area contributed by atoms with Crippen LogP contribution in [0.25, 0.3) is 10.8 Å². The molecule has 0 aliphatic carbocycles. The maximum Gasteiger partial charge on any atom is 0.123 e. The molecule has 1 nitrogen and oxygen atoms in total. The van der Waals surface area contributed by atoms with Gasteiger partial charge in [0, 0.05) is 17.7 Å². The molecule has 0 fully saturated rings. The van der Waals surface area contributed by atoms with E-state index in [9.17, 15) is 4.39 Å². The lowest BCUT2D eigenvalue weighted by atomic mass is 10.2. The van der Waals surface area contributed by atoms with Crippen LogP contribution in [0.1, 0.15) is 5.76 Å². The SMILES string of the molecule is [CH2]c1occ2ccc(F)cc12. The van der Waals surface area contributed by atoms with Crippen molar-refractivity contribution in [3.63, 3.8) is 0 Å². The number of halogens is 1. The first-order chi connectivity index (χ1) is 5.27. The van der Waals surface area contributed by atoms with Gasteiger partial charge in [-0.25, -0.2) is 4.39 Å². The molecule has 2 rings (SSSR count). The van der Waals surface area contributed by atoms with E-state index in [1.807, 2.05) is 0 Å². The van der Waals surface area contributed by atoms with Crippen molar-refractivity contribution in [2.24, 2.45) is 0 Å². The predicted molar refractivity (Wildman–Crippen MR) is 40.6 cm³/mol. The van der Waals surface area contributed by atoms with Gasteiger partial charge in [0.05, 0.1) is 6.26 Å². The van der Waals surface area contributed by atoms with Crippen molar-refractivity contribution in [1.29, 1.82) is 0 Å². The van der Waals surface area contributed by atoms with Gasteiger partial charge in [-0.05, 0) is 18.2 Å². The minimum atomic E-state index is -0.260. The lowest BCUT2D eigenvalue weighted by Crippen LogP contribution is -1.72. The van der Waals surface area contributed by atoms with Crippen molar-refractivity contribution in [2.75, 3.05) is 0 Å². The van der Waals surface area contributed by atoms with Gasteiger partial charge in [-0.15, -0.1) is 0 Å². The number of rotatable bonds is 0. The van der Waals surface area contributed by atoms with E-state index in [0.29, 0.717) is 5.76 Å². The summed E-state index contributed by atoms with van der Waals surface area (Å²) in [5.74, 6) is 0.253.